The number of nitrogens with one attached hydrogen (secondary N) is 1. The van der Waals surface area contributed by atoms with Gasteiger partial charge in [0.25, 0.3) is 0 Å². The molecule has 1 aliphatic rings. The number of hydrogen-bond donors (Lipinski definition) is 1. The first kappa shape index (κ1) is 17.0. The average molecular weight is 359 g/mol. The molecule has 1 aromatic heterocycles. The molecule has 1 saturated heterocycles. The Morgan fingerprint density at radius 1 is 0.852 bits per heavy atom. The fourth-order valence-corrected chi connectivity index (χ4v) is 3.09. The molecule has 0 bridgehead atoms. The number of carbonyl (C=O) groups excluding carboxylic acids is 1. The first-order chi connectivity index (χ1) is 13.3. The van der Waals surface area contributed by atoms with E-state index in [1.54, 1.807) is 4.90 Å². The van der Waals surface area contributed by atoms with E-state index in [2.05, 4.69) is 10.2 Å². The van der Waals surface area contributed by atoms with Crippen molar-refractivity contribution < 1.29 is 4.79 Å². The number of nitrogens with zero attached hydrogens (tertiary/aromatic N) is 4. The summed E-state index contributed by atoms with van der Waals surface area (Å²) in [4.78, 5) is 24.4. The number of piperazine rings is 1. The Bertz CT molecular complexity index is 893. The Morgan fingerprint density at radius 2 is 1.52 bits per heavy atom. The van der Waals surface area contributed by atoms with Crippen LogP contribution < -0.4 is 10.2 Å². The fraction of sp³-hybridized carbons (Fsp3) is 0.190. The first-order valence-corrected chi connectivity index (χ1v) is 9.03. The van der Waals surface area contributed by atoms with Gasteiger partial charge in [0, 0.05) is 43.5 Å². The van der Waals surface area contributed by atoms with Crippen molar-refractivity contribution in [2.45, 2.75) is 0 Å². The molecule has 6 heteroatoms. The highest BCUT2D eigenvalue weighted by atomic mass is 16.1. The van der Waals surface area contributed by atoms with Crippen molar-refractivity contribution in [3.63, 3.8) is 0 Å². The van der Waals surface area contributed by atoms with Crippen LogP contribution in [-0.2, 0) is 4.79 Å². The lowest BCUT2D eigenvalue weighted by Gasteiger charge is -2.32. The van der Waals surface area contributed by atoms with Crippen molar-refractivity contribution in [3.8, 4) is 11.3 Å². The molecule has 1 N–H and O–H groups in total. The molecule has 0 unspecified atom stereocenters. The van der Waals surface area contributed by atoms with Crippen LogP contribution in [-0.4, -0.2) is 47.5 Å². The van der Waals surface area contributed by atoms with E-state index in [0.717, 1.165) is 42.3 Å². The molecule has 3 aromatic rings. The molecule has 2 aromatic carbocycles. The summed E-state index contributed by atoms with van der Waals surface area (Å²) in [6.07, 6.45) is 0.904. The Labute approximate surface area is 158 Å². The van der Waals surface area contributed by atoms with Crippen LogP contribution in [0.3, 0.4) is 0 Å². The molecular formula is C21H21N5O. The van der Waals surface area contributed by atoms with Crippen molar-refractivity contribution >= 4 is 23.9 Å². The third-order valence-corrected chi connectivity index (χ3v) is 4.58. The molecule has 0 aliphatic carbocycles. The number of para-hydroxylation sites is 1. The Kier molecular flexibility index (Phi) is 4.96. The van der Waals surface area contributed by atoms with E-state index >= 15 is 0 Å². The maximum Gasteiger partial charge on any atom is 0.228 e. The lowest BCUT2D eigenvalue weighted by molar-refractivity contribution is -0.118. The predicted octanol–water partition coefficient (Wildman–Crippen LogP) is 3.17. The average Bonchev–Trinajstić information content (AvgIpc) is 2.75. The van der Waals surface area contributed by atoms with Gasteiger partial charge >= 0.3 is 0 Å². The molecule has 0 radical (unpaired) electrons. The molecule has 136 valence electrons. The minimum absolute atomic E-state index is 0.681. The maximum atomic E-state index is 11.0. The maximum absolute atomic E-state index is 11.0. The second-order valence-electron chi connectivity index (χ2n) is 6.42. The number of anilines is 3. The van der Waals surface area contributed by atoms with Crippen molar-refractivity contribution in [1.29, 1.82) is 0 Å². The predicted molar refractivity (Wildman–Crippen MR) is 107 cm³/mol. The number of rotatable bonds is 5. The molecule has 2 heterocycles. The number of carbonyl (C=O) groups is 1. The van der Waals surface area contributed by atoms with Gasteiger partial charge in [0.15, 0.2) is 0 Å². The Hall–Kier alpha value is -3.41. The molecule has 4 rings (SSSR count). The molecule has 6 nitrogen and oxygen atoms in total. The summed E-state index contributed by atoms with van der Waals surface area (Å²) in [5, 5.41) is 3.37. The summed E-state index contributed by atoms with van der Waals surface area (Å²) in [6.45, 7) is 2.82. The summed E-state index contributed by atoms with van der Waals surface area (Å²) in [6, 6.07) is 22.0. The van der Waals surface area contributed by atoms with Crippen LogP contribution in [0.25, 0.3) is 11.3 Å². The van der Waals surface area contributed by atoms with Crippen LogP contribution in [0, 0.1) is 0 Å². The molecule has 0 atom stereocenters. The summed E-state index contributed by atoms with van der Waals surface area (Å²) in [5.41, 5.74) is 2.90. The molecule has 0 spiro atoms. The van der Waals surface area contributed by atoms with Gasteiger partial charge in [-0.2, -0.15) is 4.98 Å². The van der Waals surface area contributed by atoms with Gasteiger partial charge in [-0.1, -0.05) is 48.5 Å². The normalized spacial score (nSPS) is 14.1. The summed E-state index contributed by atoms with van der Waals surface area (Å²) < 4.78 is 0. The molecule has 1 amide bonds. The van der Waals surface area contributed by atoms with Crippen molar-refractivity contribution in [3.05, 3.63) is 66.7 Å². The second kappa shape index (κ2) is 7.86. The zero-order valence-electron chi connectivity index (χ0n) is 15.0. The van der Waals surface area contributed by atoms with E-state index in [0.29, 0.717) is 19.0 Å². The quantitative estimate of drug-likeness (QED) is 0.709. The van der Waals surface area contributed by atoms with Gasteiger partial charge < -0.3 is 15.1 Å². The van der Waals surface area contributed by atoms with Gasteiger partial charge in [-0.25, -0.2) is 4.98 Å². The van der Waals surface area contributed by atoms with Crippen molar-refractivity contribution in [2.24, 2.45) is 0 Å². The SMILES string of the molecule is O=CN1CCN(c2nc(Nc3ccccc3)cc(-c3ccccc3)n2)CC1. The van der Waals surface area contributed by atoms with Gasteiger partial charge in [-0.05, 0) is 12.1 Å². The number of benzene rings is 2. The van der Waals surface area contributed by atoms with Crippen molar-refractivity contribution in [2.75, 3.05) is 36.4 Å². The highest BCUT2D eigenvalue weighted by molar-refractivity contribution is 5.67. The third-order valence-electron chi connectivity index (χ3n) is 4.58. The number of amides is 1. The van der Waals surface area contributed by atoms with Gasteiger partial charge in [0.1, 0.15) is 5.82 Å². The smallest absolute Gasteiger partial charge is 0.228 e. The highest BCUT2D eigenvalue weighted by Crippen LogP contribution is 2.25. The second-order valence-corrected chi connectivity index (χ2v) is 6.42. The zero-order chi connectivity index (χ0) is 18.5. The van der Waals surface area contributed by atoms with Crippen LogP contribution in [0.4, 0.5) is 17.5 Å². The van der Waals surface area contributed by atoms with Crippen LogP contribution in [0.1, 0.15) is 0 Å². The minimum atomic E-state index is 0.681. The number of aromatic nitrogens is 2. The molecule has 27 heavy (non-hydrogen) atoms. The van der Waals surface area contributed by atoms with Crippen LogP contribution in [0.2, 0.25) is 0 Å². The highest BCUT2D eigenvalue weighted by Gasteiger charge is 2.19. The number of hydrogen-bond acceptors (Lipinski definition) is 5. The molecule has 0 saturated carbocycles. The van der Waals surface area contributed by atoms with Crippen LogP contribution in [0.5, 0.6) is 0 Å². The topological polar surface area (TPSA) is 61.4 Å². The largest absolute Gasteiger partial charge is 0.342 e. The van der Waals surface area contributed by atoms with Gasteiger partial charge in [0.05, 0.1) is 5.69 Å². The third kappa shape index (κ3) is 4.06. The summed E-state index contributed by atoms with van der Waals surface area (Å²) >= 11 is 0. The Morgan fingerprint density at radius 3 is 2.19 bits per heavy atom. The first-order valence-electron chi connectivity index (χ1n) is 9.03. The standard InChI is InChI=1S/C21H21N5O/c27-16-25-11-13-26(14-12-25)21-23-19(17-7-3-1-4-8-17)15-20(24-21)22-18-9-5-2-6-10-18/h1-10,15-16H,11-14H2,(H,22,23,24). The summed E-state index contributed by atoms with van der Waals surface area (Å²) in [7, 11) is 0. The minimum Gasteiger partial charge on any atom is -0.342 e. The molecule has 1 aliphatic heterocycles. The molecular weight excluding hydrogens is 338 g/mol. The fourth-order valence-electron chi connectivity index (χ4n) is 3.09. The summed E-state index contributed by atoms with van der Waals surface area (Å²) in [5.74, 6) is 1.43. The van der Waals surface area contributed by atoms with Gasteiger partial charge in [-0.3, -0.25) is 4.79 Å². The van der Waals surface area contributed by atoms with E-state index in [-0.39, 0.29) is 0 Å². The van der Waals surface area contributed by atoms with E-state index < -0.39 is 0 Å². The van der Waals surface area contributed by atoms with Gasteiger partial charge in [-0.15, -0.1) is 0 Å². The zero-order valence-corrected chi connectivity index (χ0v) is 15.0. The van der Waals surface area contributed by atoms with E-state index in [9.17, 15) is 4.79 Å². The van der Waals surface area contributed by atoms with Crippen molar-refractivity contribution in [1.82, 2.24) is 14.9 Å². The van der Waals surface area contributed by atoms with Crippen LogP contribution in [0.15, 0.2) is 66.7 Å². The lowest BCUT2D eigenvalue weighted by Crippen LogP contribution is -2.46. The van der Waals surface area contributed by atoms with E-state index in [4.69, 9.17) is 9.97 Å². The van der Waals surface area contributed by atoms with Gasteiger partial charge in [0.2, 0.25) is 12.4 Å². The van der Waals surface area contributed by atoms with Crippen LogP contribution >= 0.6 is 0 Å². The Balaban J connectivity index is 1.67. The monoisotopic (exact) mass is 359 g/mol. The lowest BCUT2D eigenvalue weighted by atomic mass is 10.1. The van der Waals surface area contributed by atoms with E-state index in [1.165, 1.54) is 0 Å². The van der Waals surface area contributed by atoms with E-state index in [1.807, 2.05) is 66.7 Å². The molecule has 1 fully saturated rings.